The Balaban J connectivity index is 1.40. The molecule has 4 aromatic rings. The zero-order chi connectivity index (χ0) is 20.2. The lowest BCUT2D eigenvalue weighted by molar-refractivity contribution is 0.252. The summed E-state index contributed by atoms with van der Waals surface area (Å²) in [6.45, 7) is 6.32. The Kier molecular flexibility index (Phi) is 5.57. The second-order valence-corrected chi connectivity index (χ2v) is 7.53. The zero-order valence-electron chi connectivity index (χ0n) is 16.4. The van der Waals surface area contributed by atoms with Crippen LogP contribution in [0.3, 0.4) is 0 Å². The molecule has 0 aliphatic heterocycles. The second-order valence-electron chi connectivity index (χ2n) is 6.60. The Bertz CT molecular complexity index is 1100. The molecular weight excluding hydrogens is 388 g/mol. The van der Waals surface area contributed by atoms with Crippen LogP contribution in [0, 0.1) is 20.8 Å². The van der Waals surface area contributed by atoms with E-state index in [1.165, 1.54) is 11.8 Å². The maximum absolute atomic E-state index is 5.70. The molecule has 2 heterocycles. The van der Waals surface area contributed by atoms with Gasteiger partial charge in [-0.25, -0.2) is 0 Å². The summed E-state index contributed by atoms with van der Waals surface area (Å²) in [5.41, 5.74) is 4.34. The van der Waals surface area contributed by atoms with E-state index in [0.29, 0.717) is 22.7 Å². The fourth-order valence-electron chi connectivity index (χ4n) is 2.94. The van der Waals surface area contributed by atoms with E-state index in [0.717, 1.165) is 28.1 Å². The van der Waals surface area contributed by atoms with E-state index in [9.17, 15) is 0 Å². The summed E-state index contributed by atoms with van der Waals surface area (Å²) >= 11 is 1.38. The van der Waals surface area contributed by atoms with Gasteiger partial charge in [0.2, 0.25) is 0 Å². The van der Waals surface area contributed by atoms with Crippen molar-refractivity contribution < 1.29 is 9.15 Å². The van der Waals surface area contributed by atoms with Crippen LogP contribution in [0.25, 0.3) is 5.69 Å². The Morgan fingerprint density at radius 1 is 1.00 bits per heavy atom. The molecule has 0 saturated heterocycles. The Labute approximate surface area is 172 Å². The summed E-state index contributed by atoms with van der Waals surface area (Å²) in [6, 6.07) is 13.9. The molecule has 4 rings (SSSR count). The number of nitrogens with zero attached hydrogens (tertiary/aromatic N) is 6. The molecule has 0 N–H and O–H groups in total. The standard InChI is InChI=1S/C20H20N6O2S/c1-13-6-4-9-16(10-13)27-11-18-22-23-20(28-18)29-12-17-21-24-25-26(17)19-14(2)7-5-8-15(19)3/h4-10H,11-12H2,1-3H3. The van der Waals surface area contributed by atoms with Crippen LogP contribution in [0.15, 0.2) is 52.1 Å². The summed E-state index contributed by atoms with van der Waals surface area (Å²) < 4.78 is 13.1. The van der Waals surface area contributed by atoms with Crippen LogP contribution in [0.5, 0.6) is 5.75 Å². The zero-order valence-corrected chi connectivity index (χ0v) is 17.2. The molecule has 2 aromatic heterocycles. The molecule has 0 atom stereocenters. The smallest absolute Gasteiger partial charge is 0.277 e. The SMILES string of the molecule is Cc1cccc(OCc2nnc(SCc3nnnn3-c3c(C)cccc3C)o2)c1. The van der Waals surface area contributed by atoms with Gasteiger partial charge in [-0.05, 0) is 60.0 Å². The monoisotopic (exact) mass is 408 g/mol. The Morgan fingerprint density at radius 3 is 2.59 bits per heavy atom. The van der Waals surface area contributed by atoms with Crippen molar-refractivity contribution in [3.05, 3.63) is 70.9 Å². The first kappa shape index (κ1) is 19.1. The molecule has 0 bridgehead atoms. The molecule has 0 radical (unpaired) electrons. The summed E-state index contributed by atoms with van der Waals surface area (Å²) in [4.78, 5) is 0. The Morgan fingerprint density at radius 2 is 1.79 bits per heavy atom. The highest BCUT2D eigenvalue weighted by molar-refractivity contribution is 7.98. The number of aromatic nitrogens is 6. The summed E-state index contributed by atoms with van der Waals surface area (Å²) in [5, 5.41) is 20.7. The maximum atomic E-state index is 5.70. The van der Waals surface area contributed by atoms with Crippen LogP contribution in [0.1, 0.15) is 28.4 Å². The lowest BCUT2D eigenvalue weighted by atomic mass is 10.1. The predicted molar refractivity (Wildman–Crippen MR) is 108 cm³/mol. The van der Waals surface area contributed by atoms with Crippen molar-refractivity contribution in [1.82, 2.24) is 30.4 Å². The number of aryl methyl sites for hydroxylation is 3. The first-order valence-corrected chi connectivity index (χ1v) is 10.1. The van der Waals surface area contributed by atoms with Gasteiger partial charge in [0.25, 0.3) is 11.1 Å². The third-order valence-corrected chi connectivity index (χ3v) is 5.12. The highest BCUT2D eigenvalue weighted by Gasteiger charge is 2.15. The van der Waals surface area contributed by atoms with Gasteiger partial charge in [0.15, 0.2) is 12.4 Å². The van der Waals surface area contributed by atoms with E-state index in [1.54, 1.807) is 4.68 Å². The van der Waals surface area contributed by atoms with Crippen LogP contribution in [-0.2, 0) is 12.4 Å². The molecule has 148 valence electrons. The van der Waals surface area contributed by atoms with Gasteiger partial charge >= 0.3 is 0 Å². The van der Waals surface area contributed by atoms with Crippen LogP contribution in [0.2, 0.25) is 0 Å². The average molecular weight is 408 g/mol. The van der Waals surface area contributed by atoms with Gasteiger partial charge in [0.05, 0.1) is 11.4 Å². The van der Waals surface area contributed by atoms with E-state index >= 15 is 0 Å². The van der Waals surface area contributed by atoms with Crippen molar-refractivity contribution in [1.29, 1.82) is 0 Å². The fraction of sp³-hybridized carbons (Fsp3) is 0.250. The van der Waals surface area contributed by atoms with Crippen molar-refractivity contribution in [3.63, 3.8) is 0 Å². The lowest BCUT2D eigenvalue weighted by Crippen LogP contribution is -2.06. The van der Waals surface area contributed by atoms with Crippen molar-refractivity contribution in [2.24, 2.45) is 0 Å². The number of tetrazole rings is 1. The molecule has 0 unspecified atom stereocenters. The average Bonchev–Trinajstić information content (AvgIpc) is 3.34. The molecule has 9 heteroatoms. The molecule has 2 aromatic carbocycles. The number of benzene rings is 2. The van der Waals surface area contributed by atoms with Crippen molar-refractivity contribution >= 4 is 11.8 Å². The van der Waals surface area contributed by atoms with Gasteiger partial charge in [-0.2, -0.15) is 4.68 Å². The van der Waals surface area contributed by atoms with Crippen LogP contribution < -0.4 is 4.74 Å². The summed E-state index contributed by atoms with van der Waals surface area (Å²) in [5.74, 6) is 2.40. The van der Waals surface area contributed by atoms with E-state index in [1.807, 2.05) is 63.2 Å². The van der Waals surface area contributed by atoms with E-state index < -0.39 is 0 Å². The number of hydrogen-bond acceptors (Lipinski definition) is 8. The molecule has 0 aliphatic rings. The van der Waals surface area contributed by atoms with Crippen LogP contribution in [0.4, 0.5) is 0 Å². The van der Waals surface area contributed by atoms with Crippen molar-refractivity contribution in [2.75, 3.05) is 0 Å². The molecule has 29 heavy (non-hydrogen) atoms. The van der Waals surface area contributed by atoms with Gasteiger partial charge in [0.1, 0.15) is 5.75 Å². The third-order valence-electron chi connectivity index (χ3n) is 4.31. The minimum absolute atomic E-state index is 0.219. The fourth-order valence-corrected chi connectivity index (χ4v) is 3.63. The molecule has 0 aliphatic carbocycles. The topological polar surface area (TPSA) is 91.8 Å². The lowest BCUT2D eigenvalue weighted by Gasteiger charge is -2.10. The van der Waals surface area contributed by atoms with Crippen LogP contribution in [-0.4, -0.2) is 30.4 Å². The van der Waals surface area contributed by atoms with Gasteiger partial charge in [-0.15, -0.1) is 15.3 Å². The number of ether oxygens (including phenoxy) is 1. The van der Waals surface area contributed by atoms with E-state index in [2.05, 4.69) is 25.7 Å². The molecular formula is C20H20N6O2S. The summed E-state index contributed by atoms with van der Waals surface area (Å²) in [6.07, 6.45) is 0. The van der Waals surface area contributed by atoms with Gasteiger partial charge < -0.3 is 9.15 Å². The predicted octanol–water partition coefficient (Wildman–Crippen LogP) is 3.84. The number of para-hydroxylation sites is 1. The molecule has 0 fully saturated rings. The number of thioether (sulfide) groups is 1. The van der Waals surface area contributed by atoms with Crippen molar-refractivity contribution in [3.8, 4) is 11.4 Å². The normalized spacial score (nSPS) is 11.0. The number of hydrogen-bond donors (Lipinski definition) is 0. The molecule has 8 nitrogen and oxygen atoms in total. The first-order valence-electron chi connectivity index (χ1n) is 9.08. The minimum Gasteiger partial charge on any atom is -0.484 e. The molecule has 0 saturated carbocycles. The third kappa shape index (κ3) is 4.45. The molecule has 0 spiro atoms. The quantitative estimate of drug-likeness (QED) is 0.426. The largest absolute Gasteiger partial charge is 0.484 e. The molecule has 0 amide bonds. The van der Waals surface area contributed by atoms with E-state index in [-0.39, 0.29) is 6.61 Å². The highest BCUT2D eigenvalue weighted by atomic mass is 32.2. The first-order chi connectivity index (χ1) is 14.1. The second kappa shape index (κ2) is 8.44. The highest BCUT2D eigenvalue weighted by Crippen LogP contribution is 2.24. The maximum Gasteiger partial charge on any atom is 0.277 e. The van der Waals surface area contributed by atoms with Gasteiger partial charge in [-0.3, -0.25) is 0 Å². The number of rotatable bonds is 7. The minimum atomic E-state index is 0.219. The van der Waals surface area contributed by atoms with Crippen LogP contribution >= 0.6 is 11.8 Å². The summed E-state index contributed by atoms with van der Waals surface area (Å²) in [7, 11) is 0. The van der Waals surface area contributed by atoms with Crippen molar-refractivity contribution in [2.45, 2.75) is 38.4 Å². The Hall–Kier alpha value is -3.20. The van der Waals surface area contributed by atoms with E-state index in [4.69, 9.17) is 9.15 Å². The van der Waals surface area contributed by atoms with Gasteiger partial charge in [-0.1, -0.05) is 42.1 Å². The van der Waals surface area contributed by atoms with Gasteiger partial charge in [0, 0.05) is 0 Å².